The smallest absolute Gasteiger partial charge is 0.313 e. The zero-order valence-electron chi connectivity index (χ0n) is 11.7. The van der Waals surface area contributed by atoms with Gasteiger partial charge in [0.15, 0.2) is 0 Å². The van der Waals surface area contributed by atoms with Crippen LogP contribution in [-0.2, 0) is 20.9 Å². The number of amides is 3. The van der Waals surface area contributed by atoms with Crippen LogP contribution < -0.4 is 11.1 Å². The normalized spacial score (nSPS) is 16.3. The lowest BCUT2D eigenvalue weighted by molar-refractivity contribution is -0.148. The molecule has 0 aliphatic carbocycles. The highest BCUT2D eigenvalue weighted by atomic mass is 35.5. The number of nitrogens with one attached hydrogen (secondary N) is 1. The van der Waals surface area contributed by atoms with E-state index in [1.165, 1.54) is 4.90 Å². The van der Waals surface area contributed by atoms with E-state index in [0.717, 1.165) is 0 Å². The number of rotatable bonds is 3. The molecular weight excluding hydrogens is 294 g/mol. The van der Waals surface area contributed by atoms with Crippen molar-refractivity contribution in [2.45, 2.75) is 26.4 Å². The molecule has 1 atom stereocenters. The minimum atomic E-state index is -0.854. The van der Waals surface area contributed by atoms with E-state index in [9.17, 15) is 14.4 Å². The molecule has 0 unspecified atom stereocenters. The SMILES string of the molecule is CC(C)[C@@H](C(N)=O)N1Cc2cc(Cl)ccc2NC(=O)C1=O. The van der Waals surface area contributed by atoms with Gasteiger partial charge in [0.25, 0.3) is 0 Å². The summed E-state index contributed by atoms with van der Waals surface area (Å²) in [5.41, 5.74) is 6.55. The van der Waals surface area contributed by atoms with Gasteiger partial charge in [-0.05, 0) is 29.7 Å². The minimum absolute atomic E-state index is 0.0965. The van der Waals surface area contributed by atoms with Gasteiger partial charge in [0.05, 0.1) is 0 Å². The maximum atomic E-state index is 12.2. The molecule has 1 heterocycles. The van der Waals surface area contributed by atoms with Crippen LogP contribution in [0.3, 0.4) is 0 Å². The minimum Gasteiger partial charge on any atom is -0.368 e. The Morgan fingerprint density at radius 1 is 1.38 bits per heavy atom. The Bertz CT molecular complexity index is 615. The number of nitrogens with two attached hydrogens (primary N) is 1. The van der Waals surface area contributed by atoms with Gasteiger partial charge in [-0.25, -0.2) is 0 Å². The second kappa shape index (κ2) is 5.73. The zero-order chi connectivity index (χ0) is 15.7. The van der Waals surface area contributed by atoms with Crippen LogP contribution in [0.4, 0.5) is 5.69 Å². The van der Waals surface area contributed by atoms with Crippen LogP contribution in [0, 0.1) is 5.92 Å². The van der Waals surface area contributed by atoms with Crippen molar-refractivity contribution >= 4 is 35.0 Å². The van der Waals surface area contributed by atoms with E-state index in [0.29, 0.717) is 16.3 Å². The first-order chi connectivity index (χ1) is 9.81. The molecule has 1 aliphatic heterocycles. The summed E-state index contributed by atoms with van der Waals surface area (Å²) in [7, 11) is 0. The van der Waals surface area contributed by atoms with Crippen molar-refractivity contribution in [1.82, 2.24) is 4.90 Å². The molecule has 0 spiro atoms. The van der Waals surface area contributed by atoms with Crippen LogP contribution in [0.15, 0.2) is 18.2 Å². The highest BCUT2D eigenvalue weighted by molar-refractivity contribution is 6.40. The number of hydrogen-bond acceptors (Lipinski definition) is 3. The molecular formula is C14H16ClN3O3. The second-order valence-corrected chi connectivity index (χ2v) is 5.72. The van der Waals surface area contributed by atoms with Crippen LogP contribution in [0.25, 0.3) is 0 Å². The van der Waals surface area contributed by atoms with Crippen LogP contribution in [0.2, 0.25) is 5.02 Å². The van der Waals surface area contributed by atoms with Crippen LogP contribution in [0.5, 0.6) is 0 Å². The van der Waals surface area contributed by atoms with E-state index in [1.54, 1.807) is 32.0 Å². The largest absolute Gasteiger partial charge is 0.368 e. The fourth-order valence-corrected chi connectivity index (χ4v) is 2.64. The maximum absolute atomic E-state index is 12.2. The zero-order valence-corrected chi connectivity index (χ0v) is 12.5. The van der Waals surface area contributed by atoms with Crippen molar-refractivity contribution < 1.29 is 14.4 Å². The van der Waals surface area contributed by atoms with Crippen LogP contribution >= 0.6 is 11.6 Å². The van der Waals surface area contributed by atoms with Crippen molar-refractivity contribution in [3.8, 4) is 0 Å². The second-order valence-electron chi connectivity index (χ2n) is 5.28. The molecule has 7 heteroatoms. The molecule has 6 nitrogen and oxygen atoms in total. The summed E-state index contributed by atoms with van der Waals surface area (Å²) in [6.07, 6.45) is 0. The molecule has 0 fully saturated rings. The third-order valence-electron chi connectivity index (χ3n) is 3.37. The topological polar surface area (TPSA) is 92.5 Å². The van der Waals surface area contributed by atoms with E-state index in [4.69, 9.17) is 17.3 Å². The summed E-state index contributed by atoms with van der Waals surface area (Å²) in [4.78, 5) is 37.0. The fraction of sp³-hybridized carbons (Fsp3) is 0.357. The Morgan fingerprint density at radius 3 is 2.62 bits per heavy atom. The number of fused-ring (bicyclic) bond motifs is 1. The third-order valence-corrected chi connectivity index (χ3v) is 3.61. The lowest BCUT2D eigenvalue weighted by Gasteiger charge is -2.30. The van der Waals surface area contributed by atoms with Gasteiger partial charge in [-0.1, -0.05) is 25.4 Å². The fourth-order valence-electron chi connectivity index (χ4n) is 2.44. The molecule has 1 aromatic rings. The lowest BCUT2D eigenvalue weighted by atomic mass is 10.0. The first kappa shape index (κ1) is 15.3. The molecule has 3 amide bonds. The highest BCUT2D eigenvalue weighted by Gasteiger charge is 2.36. The predicted molar refractivity (Wildman–Crippen MR) is 78.5 cm³/mol. The molecule has 112 valence electrons. The molecule has 0 bridgehead atoms. The summed E-state index contributed by atoms with van der Waals surface area (Å²) >= 11 is 5.95. The van der Waals surface area contributed by atoms with Gasteiger partial charge >= 0.3 is 11.8 Å². The van der Waals surface area contributed by atoms with E-state index in [2.05, 4.69) is 5.32 Å². The van der Waals surface area contributed by atoms with Crippen molar-refractivity contribution in [2.75, 3.05) is 5.32 Å². The summed E-state index contributed by atoms with van der Waals surface area (Å²) in [6, 6.07) is 4.05. The number of carbonyl (C=O) groups is 3. The molecule has 0 saturated carbocycles. The Balaban J connectivity index is 2.48. The molecule has 2 rings (SSSR count). The number of primary amides is 1. The average molecular weight is 310 g/mol. The summed E-state index contributed by atoms with van der Waals surface area (Å²) in [6.45, 7) is 3.63. The van der Waals surface area contributed by atoms with Gasteiger partial charge in [-0.15, -0.1) is 0 Å². The van der Waals surface area contributed by atoms with E-state index in [-0.39, 0.29) is 12.5 Å². The lowest BCUT2D eigenvalue weighted by Crippen LogP contribution is -2.52. The number of halogens is 1. The van der Waals surface area contributed by atoms with Gasteiger partial charge in [-0.2, -0.15) is 0 Å². The van der Waals surface area contributed by atoms with E-state index in [1.807, 2.05) is 0 Å². The van der Waals surface area contributed by atoms with Gasteiger partial charge in [-0.3, -0.25) is 14.4 Å². The Kier molecular flexibility index (Phi) is 4.18. The van der Waals surface area contributed by atoms with E-state index < -0.39 is 23.8 Å². The number of anilines is 1. The number of hydrogen-bond donors (Lipinski definition) is 2. The van der Waals surface area contributed by atoms with Gasteiger partial charge in [0.2, 0.25) is 5.91 Å². The van der Waals surface area contributed by atoms with Crippen molar-refractivity contribution in [3.05, 3.63) is 28.8 Å². The molecule has 3 N–H and O–H groups in total. The molecule has 21 heavy (non-hydrogen) atoms. The molecule has 0 saturated heterocycles. The maximum Gasteiger partial charge on any atom is 0.313 e. The summed E-state index contributed by atoms with van der Waals surface area (Å²) in [5.74, 6) is -2.42. The van der Waals surface area contributed by atoms with Gasteiger partial charge in [0, 0.05) is 17.3 Å². The third kappa shape index (κ3) is 3.00. The molecule has 1 aromatic carbocycles. The number of carbonyl (C=O) groups excluding carboxylic acids is 3. The summed E-state index contributed by atoms with van der Waals surface area (Å²) < 4.78 is 0. The first-order valence-corrected chi connectivity index (χ1v) is 6.88. The number of nitrogens with zero attached hydrogens (tertiary/aromatic N) is 1. The van der Waals surface area contributed by atoms with Crippen LogP contribution in [-0.4, -0.2) is 28.7 Å². The Labute approximate surface area is 127 Å². The molecule has 0 aromatic heterocycles. The standard InChI is InChI=1S/C14H16ClN3O3/c1-7(2)11(12(16)19)18-6-8-5-9(15)3-4-10(8)17-13(20)14(18)21/h3-5,7,11H,6H2,1-2H3,(H2,16,19)(H,17,20)/t11-/m0/s1. The Morgan fingerprint density at radius 2 is 2.05 bits per heavy atom. The van der Waals surface area contributed by atoms with Crippen LogP contribution in [0.1, 0.15) is 19.4 Å². The van der Waals surface area contributed by atoms with Crippen molar-refractivity contribution in [1.29, 1.82) is 0 Å². The highest BCUT2D eigenvalue weighted by Crippen LogP contribution is 2.27. The van der Waals surface area contributed by atoms with Gasteiger partial charge in [0.1, 0.15) is 6.04 Å². The quantitative estimate of drug-likeness (QED) is 0.820. The average Bonchev–Trinajstić information content (AvgIpc) is 2.49. The molecule has 0 radical (unpaired) electrons. The Hall–Kier alpha value is -2.08. The molecule has 1 aliphatic rings. The monoisotopic (exact) mass is 309 g/mol. The van der Waals surface area contributed by atoms with Crippen molar-refractivity contribution in [3.63, 3.8) is 0 Å². The van der Waals surface area contributed by atoms with Gasteiger partial charge < -0.3 is 16.0 Å². The van der Waals surface area contributed by atoms with E-state index >= 15 is 0 Å². The number of benzene rings is 1. The first-order valence-electron chi connectivity index (χ1n) is 6.51. The predicted octanol–water partition coefficient (Wildman–Crippen LogP) is 1.13. The summed E-state index contributed by atoms with van der Waals surface area (Å²) in [5, 5.41) is 3.00. The van der Waals surface area contributed by atoms with Crippen molar-refractivity contribution in [2.24, 2.45) is 11.7 Å².